The summed E-state index contributed by atoms with van der Waals surface area (Å²) in [7, 11) is 0. The molecule has 2 atom stereocenters. The van der Waals surface area contributed by atoms with Gasteiger partial charge in [-0.25, -0.2) is 4.31 Å². The number of nitrogens with zero attached hydrogens (tertiary/aromatic N) is 2. The van der Waals surface area contributed by atoms with Gasteiger partial charge in [0, 0.05) is 36.0 Å². The lowest BCUT2D eigenvalue weighted by Crippen LogP contribution is -2.42. The van der Waals surface area contributed by atoms with Crippen LogP contribution in [-0.4, -0.2) is 60.5 Å². The van der Waals surface area contributed by atoms with E-state index in [4.69, 9.17) is 21.7 Å². The Labute approximate surface area is 205 Å². The highest BCUT2D eigenvalue weighted by Gasteiger charge is 2.36. The third-order valence-electron chi connectivity index (χ3n) is 5.34. The predicted octanol–water partition coefficient (Wildman–Crippen LogP) is 3.60. The van der Waals surface area contributed by atoms with Gasteiger partial charge >= 0.3 is 0 Å². The molecule has 0 N–H and O–H groups in total. The van der Waals surface area contributed by atoms with Crippen molar-refractivity contribution in [3.05, 3.63) is 65.1 Å². The molecule has 2 aromatic rings. The molecule has 174 valence electrons. The molecule has 0 aliphatic carbocycles. The van der Waals surface area contributed by atoms with Gasteiger partial charge in [-0.3, -0.25) is 13.9 Å². The average Bonchev–Trinajstić information content (AvgIpc) is 3.39. The van der Waals surface area contributed by atoms with E-state index in [-0.39, 0.29) is 18.5 Å². The van der Waals surface area contributed by atoms with Crippen molar-refractivity contribution in [2.24, 2.45) is 0 Å². The summed E-state index contributed by atoms with van der Waals surface area (Å²) in [5, 5.41) is 0. The van der Waals surface area contributed by atoms with Gasteiger partial charge in [-0.2, -0.15) is 0 Å². The second kappa shape index (κ2) is 11.3. The second-order valence-electron chi connectivity index (χ2n) is 7.49. The molecule has 0 radical (unpaired) electrons. The summed E-state index contributed by atoms with van der Waals surface area (Å²) < 4.78 is 36.2. The van der Waals surface area contributed by atoms with Gasteiger partial charge in [0.25, 0.3) is 5.91 Å². The van der Waals surface area contributed by atoms with Gasteiger partial charge in [-0.1, -0.05) is 60.4 Å². The van der Waals surface area contributed by atoms with E-state index in [2.05, 4.69) is 0 Å². The summed E-state index contributed by atoms with van der Waals surface area (Å²) in [6.07, 6.45) is 3.26. The molecule has 33 heavy (non-hydrogen) atoms. The first-order valence-electron chi connectivity index (χ1n) is 10.5. The second-order valence-corrected chi connectivity index (χ2v) is 10.1. The van der Waals surface area contributed by atoms with Crippen LogP contribution in [0.25, 0.3) is 6.08 Å². The number of ether oxygens (including phenoxy) is 2. The normalized spacial score (nSPS) is 21.1. The molecule has 2 fully saturated rings. The minimum absolute atomic E-state index is 0.212. The largest absolute Gasteiger partial charge is 0.760 e. The SMILES string of the molecule is O=C1/C(=C/c2ccccc2OCCOc2ccccc2)SC(=S)N1CC1CCCN1S(=O)[O-]. The van der Waals surface area contributed by atoms with Crippen LogP contribution in [-0.2, 0) is 16.1 Å². The fourth-order valence-corrected chi connectivity index (χ4v) is 5.72. The highest BCUT2D eigenvalue weighted by Crippen LogP contribution is 2.35. The van der Waals surface area contributed by atoms with E-state index in [9.17, 15) is 13.6 Å². The molecule has 0 aromatic heterocycles. The van der Waals surface area contributed by atoms with E-state index in [1.807, 2.05) is 54.6 Å². The standard InChI is InChI=1S/C23H24N2O5S3/c26-22-21(32-23(31)24(22)16-18-8-6-12-25(18)33(27)28)15-17-7-4-5-11-20(17)30-14-13-29-19-9-2-1-3-10-19/h1-5,7,9-11,15,18H,6,8,12-14,16H2,(H,27,28)/p-1/b21-15-. The minimum atomic E-state index is -2.30. The Morgan fingerprint density at radius 3 is 2.64 bits per heavy atom. The van der Waals surface area contributed by atoms with Gasteiger partial charge < -0.3 is 14.0 Å². The van der Waals surface area contributed by atoms with Crippen LogP contribution in [0.3, 0.4) is 0 Å². The van der Waals surface area contributed by atoms with E-state index in [0.29, 0.717) is 41.2 Å². The molecule has 2 aliphatic heterocycles. The molecule has 2 aromatic carbocycles. The molecular weight excluding hydrogens is 480 g/mol. The van der Waals surface area contributed by atoms with Crippen LogP contribution in [0.2, 0.25) is 0 Å². The predicted molar refractivity (Wildman–Crippen MR) is 132 cm³/mol. The van der Waals surface area contributed by atoms with E-state index < -0.39 is 11.3 Å². The highest BCUT2D eigenvalue weighted by atomic mass is 32.2. The van der Waals surface area contributed by atoms with E-state index in [1.165, 1.54) is 21.0 Å². The number of rotatable bonds is 9. The monoisotopic (exact) mass is 503 g/mol. The first-order valence-corrected chi connectivity index (χ1v) is 12.8. The maximum Gasteiger partial charge on any atom is 0.266 e. The van der Waals surface area contributed by atoms with E-state index in [1.54, 1.807) is 6.08 Å². The summed E-state index contributed by atoms with van der Waals surface area (Å²) in [6.45, 7) is 1.49. The van der Waals surface area contributed by atoms with Crippen molar-refractivity contribution in [3.8, 4) is 11.5 Å². The van der Waals surface area contributed by atoms with Crippen molar-refractivity contribution < 1.29 is 23.0 Å². The van der Waals surface area contributed by atoms with Crippen molar-refractivity contribution in [3.63, 3.8) is 0 Å². The number of amides is 1. The molecule has 7 nitrogen and oxygen atoms in total. The molecular formula is C23H23N2O5S3-. The number of benzene rings is 2. The summed E-state index contributed by atoms with van der Waals surface area (Å²) in [6, 6.07) is 16.7. The Kier molecular flexibility index (Phi) is 8.15. The summed E-state index contributed by atoms with van der Waals surface area (Å²) >= 11 is 4.34. The van der Waals surface area contributed by atoms with Crippen molar-refractivity contribution in [2.75, 3.05) is 26.3 Å². The molecule has 4 rings (SSSR count). The van der Waals surface area contributed by atoms with Gasteiger partial charge in [0.15, 0.2) is 0 Å². The lowest BCUT2D eigenvalue weighted by Gasteiger charge is -2.28. The van der Waals surface area contributed by atoms with Gasteiger partial charge in [0.2, 0.25) is 0 Å². The molecule has 0 saturated carbocycles. The number of carbonyl (C=O) groups is 1. The first kappa shape index (κ1) is 23.9. The fraction of sp³-hybridized carbons (Fsp3) is 0.304. The zero-order valence-electron chi connectivity index (χ0n) is 17.8. The lowest BCUT2D eigenvalue weighted by molar-refractivity contribution is -0.122. The fourth-order valence-electron chi connectivity index (χ4n) is 3.76. The third kappa shape index (κ3) is 6.01. The first-order chi connectivity index (χ1) is 16.0. The summed E-state index contributed by atoms with van der Waals surface area (Å²) in [5.74, 6) is 1.21. The van der Waals surface area contributed by atoms with Crippen molar-refractivity contribution in [1.82, 2.24) is 9.21 Å². The maximum absolute atomic E-state index is 13.0. The number of carbonyl (C=O) groups excluding carboxylic acids is 1. The number of thiocarbonyl (C=S) groups is 1. The topological polar surface area (TPSA) is 82.1 Å². The molecule has 0 spiro atoms. The smallest absolute Gasteiger partial charge is 0.266 e. The van der Waals surface area contributed by atoms with E-state index >= 15 is 0 Å². The number of thioether (sulfide) groups is 1. The van der Waals surface area contributed by atoms with Crippen molar-refractivity contribution in [1.29, 1.82) is 0 Å². The van der Waals surface area contributed by atoms with Crippen LogP contribution < -0.4 is 9.47 Å². The van der Waals surface area contributed by atoms with Gasteiger partial charge in [-0.05, 0) is 37.1 Å². The van der Waals surface area contributed by atoms with Crippen molar-refractivity contribution >= 4 is 51.5 Å². The molecule has 2 saturated heterocycles. The zero-order valence-corrected chi connectivity index (χ0v) is 20.2. The molecule has 10 heteroatoms. The number of hydrogen-bond donors (Lipinski definition) is 0. The highest BCUT2D eigenvalue weighted by molar-refractivity contribution is 8.26. The lowest BCUT2D eigenvalue weighted by atomic mass is 10.1. The molecule has 2 unspecified atom stereocenters. The van der Waals surface area contributed by atoms with Crippen LogP contribution in [0.1, 0.15) is 18.4 Å². The van der Waals surface area contributed by atoms with Crippen LogP contribution in [0.4, 0.5) is 0 Å². The van der Waals surface area contributed by atoms with E-state index in [0.717, 1.165) is 17.7 Å². The minimum Gasteiger partial charge on any atom is -0.760 e. The van der Waals surface area contributed by atoms with Crippen LogP contribution in [0, 0.1) is 0 Å². The van der Waals surface area contributed by atoms with Gasteiger partial charge in [-0.15, -0.1) is 0 Å². The average molecular weight is 504 g/mol. The van der Waals surface area contributed by atoms with Gasteiger partial charge in [0.1, 0.15) is 29.0 Å². The Balaban J connectivity index is 1.40. The van der Waals surface area contributed by atoms with Crippen molar-refractivity contribution in [2.45, 2.75) is 18.9 Å². The molecule has 2 aliphatic rings. The van der Waals surface area contributed by atoms with Crippen LogP contribution >= 0.6 is 24.0 Å². The Bertz CT molecular complexity index is 1060. The van der Waals surface area contributed by atoms with Crippen LogP contribution in [0.15, 0.2) is 59.5 Å². The Morgan fingerprint density at radius 1 is 1.12 bits per heavy atom. The quantitative estimate of drug-likeness (QED) is 0.224. The number of para-hydroxylation sites is 2. The summed E-state index contributed by atoms with van der Waals surface area (Å²) in [5.41, 5.74) is 0.765. The Hall–Kier alpha value is -2.24. The molecule has 0 bridgehead atoms. The Morgan fingerprint density at radius 2 is 1.85 bits per heavy atom. The third-order valence-corrected chi connectivity index (χ3v) is 7.58. The van der Waals surface area contributed by atoms with Crippen LogP contribution in [0.5, 0.6) is 11.5 Å². The molecule has 1 amide bonds. The number of hydrogen-bond acceptors (Lipinski definition) is 7. The zero-order chi connectivity index (χ0) is 23.2. The van der Waals surface area contributed by atoms with Gasteiger partial charge in [0.05, 0.1) is 4.91 Å². The maximum atomic E-state index is 13.0. The summed E-state index contributed by atoms with van der Waals surface area (Å²) in [4.78, 5) is 15.0. The molecule has 2 heterocycles.